The van der Waals surface area contributed by atoms with E-state index in [9.17, 15) is 14.4 Å². The highest BCUT2D eigenvalue weighted by Crippen LogP contribution is 2.41. The van der Waals surface area contributed by atoms with Gasteiger partial charge in [0, 0.05) is 51.6 Å². The van der Waals surface area contributed by atoms with Gasteiger partial charge in [0.25, 0.3) is 0 Å². The van der Waals surface area contributed by atoms with Crippen molar-refractivity contribution in [3.8, 4) is 0 Å². The predicted molar refractivity (Wildman–Crippen MR) is 121 cm³/mol. The normalized spacial score (nSPS) is 22.0. The number of hydrogen-bond donors (Lipinski definition) is 0. The average molecular weight is 458 g/mol. The van der Waals surface area contributed by atoms with E-state index in [-0.39, 0.29) is 23.9 Å². The molecule has 0 spiro atoms. The molecular formula is C23H28ClN5O3. The van der Waals surface area contributed by atoms with Crippen molar-refractivity contribution in [3.63, 3.8) is 0 Å². The molecule has 2 unspecified atom stereocenters. The maximum Gasteiger partial charge on any atom is 0.344 e. The fourth-order valence-electron chi connectivity index (χ4n) is 4.88. The van der Waals surface area contributed by atoms with Crippen LogP contribution in [0.3, 0.4) is 0 Å². The van der Waals surface area contributed by atoms with E-state index in [4.69, 9.17) is 11.6 Å². The minimum atomic E-state index is -0.177. The Morgan fingerprint density at radius 2 is 1.69 bits per heavy atom. The van der Waals surface area contributed by atoms with Gasteiger partial charge in [-0.3, -0.25) is 9.59 Å². The Bertz CT molecular complexity index is 1010. The second-order valence-electron chi connectivity index (χ2n) is 8.83. The topological polar surface area (TPSA) is 78.8 Å². The van der Waals surface area contributed by atoms with Gasteiger partial charge in [0.1, 0.15) is 0 Å². The summed E-state index contributed by atoms with van der Waals surface area (Å²) in [5, 5.41) is 4.83. The minimum absolute atomic E-state index is 0.0662. The van der Waals surface area contributed by atoms with Gasteiger partial charge < -0.3 is 14.7 Å². The molecule has 2 heterocycles. The highest BCUT2D eigenvalue weighted by atomic mass is 35.5. The largest absolute Gasteiger partial charge is 0.344 e. The van der Waals surface area contributed by atoms with E-state index in [2.05, 4.69) is 5.10 Å². The average Bonchev–Trinajstić information content (AvgIpc) is 3.46. The molecule has 1 aromatic carbocycles. The van der Waals surface area contributed by atoms with Crippen LogP contribution >= 0.6 is 11.6 Å². The zero-order valence-corrected chi connectivity index (χ0v) is 19.3. The first-order chi connectivity index (χ1) is 15.2. The quantitative estimate of drug-likeness (QED) is 0.706. The molecule has 9 heteroatoms. The van der Waals surface area contributed by atoms with E-state index in [0.29, 0.717) is 42.2 Å². The summed E-state index contributed by atoms with van der Waals surface area (Å²) in [5.41, 5.74) is 1.65. The molecule has 1 aliphatic carbocycles. The lowest BCUT2D eigenvalue weighted by Crippen LogP contribution is -2.39. The number of anilines is 1. The summed E-state index contributed by atoms with van der Waals surface area (Å²) in [6.45, 7) is 4.97. The zero-order valence-electron chi connectivity index (χ0n) is 18.6. The second-order valence-corrected chi connectivity index (χ2v) is 9.26. The molecule has 8 nitrogen and oxygen atoms in total. The van der Waals surface area contributed by atoms with E-state index in [1.54, 1.807) is 20.2 Å². The summed E-state index contributed by atoms with van der Waals surface area (Å²) < 4.78 is 1.30. The minimum Gasteiger partial charge on any atom is -0.336 e. The molecule has 2 atom stereocenters. The smallest absolute Gasteiger partial charge is 0.336 e. The molecule has 0 bridgehead atoms. The maximum absolute atomic E-state index is 12.9. The van der Waals surface area contributed by atoms with Crippen LogP contribution in [0.1, 0.15) is 32.3 Å². The molecule has 0 N–H and O–H groups in total. The van der Waals surface area contributed by atoms with Crippen LogP contribution in [0.2, 0.25) is 5.02 Å². The molecule has 4 rings (SSSR count). The number of hydrogen-bond acceptors (Lipinski definition) is 4. The Morgan fingerprint density at radius 3 is 2.25 bits per heavy atom. The molecule has 1 aliphatic heterocycles. The van der Waals surface area contributed by atoms with Crippen LogP contribution < -0.4 is 4.90 Å². The standard InChI is InChI=1S/C23H28ClN5O3/c1-15(30)26(3)22-10-25-29(14-22)23(32)27-12-18-8-21(9-19(18)13-27)28(16(2)31)11-17-4-6-20(24)7-5-17/h4-7,10,14,18-19,21H,8-9,11-13H2,1-3H3. The highest BCUT2D eigenvalue weighted by molar-refractivity contribution is 6.30. The predicted octanol–water partition coefficient (Wildman–Crippen LogP) is 3.25. The number of likely N-dealkylation sites (tertiary alicyclic amines) is 1. The monoisotopic (exact) mass is 457 g/mol. The third kappa shape index (κ3) is 4.50. The lowest BCUT2D eigenvalue weighted by Gasteiger charge is -2.29. The van der Waals surface area contributed by atoms with Gasteiger partial charge in [-0.15, -0.1) is 0 Å². The Morgan fingerprint density at radius 1 is 1.06 bits per heavy atom. The molecule has 1 aromatic heterocycles. The third-order valence-corrected chi connectivity index (χ3v) is 6.98. The molecule has 2 aromatic rings. The van der Waals surface area contributed by atoms with Crippen LogP contribution in [0.5, 0.6) is 0 Å². The first-order valence-corrected chi connectivity index (χ1v) is 11.2. The maximum atomic E-state index is 12.9. The second kappa shape index (κ2) is 8.94. The molecule has 3 amide bonds. The number of carbonyl (C=O) groups excluding carboxylic acids is 3. The number of amides is 3. The number of nitrogens with zero attached hydrogens (tertiary/aromatic N) is 5. The van der Waals surface area contributed by atoms with Crippen LogP contribution in [0.25, 0.3) is 0 Å². The van der Waals surface area contributed by atoms with Crippen molar-refractivity contribution in [1.29, 1.82) is 0 Å². The van der Waals surface area contributed by atoms with Gasteiger partial charge in [-0.2, -0.15) is 9.78 Å². The van der Waals surface area contributed by atoms with E-state index in [0.717, 1.165) is 18.4 Å². The summed E-state index contributed by atoms with van der Waals surface area (Å²) in [4.78, 5) is 42.1. The van der Waals surface area contributed by atoms with Crippen LogP contribution in [0.4, 0.5) is 10.5 Å². The van der Waals surface area contributed by atoms with E-state index < -0.39 is 0 Å². The Labute approximate surface area is 192 Å². The fourth-order valence-corrected chi connectivity index (χ4v) is 5.01. The number of rotatable bonds is 4. The summed E-state index contributed by atoms with van der Waals surface area (Å²) in [7, 11) is 1.65. The SMILES string of the molecule is CC(=O)N(C)c1cnn(C(=O)N2CC3CC(N(Cc4ccc(Cl)cc4)C(C)=O)CC3C2)c1. The number of aromatic nitrogens is 2. The summed E-state index contributed by atoms with van der Waals surface area (Å²) in [6, 6.07) is 7.60. The fraction of sp³-hybridized carbons (Fsp3) is 0.478. The molecular weight excluding hydrogens is 430 g/mol. The van der Waals surface area contributed by atoms with Crippen LogP contribution in [-0.4, -0.2) is 63.6 Å². The van der Waals surface area contributed by atoms with Crippen LogP contribution in [0, 0.1) is 11.8 Å². The number of halogens is 1. The number of carbonyl (C=O) groups is 3. The molecule has 1 saturated carbocycles. The number of fused-ring (bicyclic) bond motifs is 1. The van der Waals surface area contributed by atoms with Gasteiger partial charge in [0.05, 0.1) is 18.1 Å². The van der Waals surface area contributed by atoms with Crippen molar-refractivity contribution in [1.82, 2.24) is 19.6 Å². The van der Waals surface area contributed by atoms with E-state index in [1.807, 2.05) is 34.1 Å². The van der Waals surface area contributed by atoms with Gasteiger partial charge in [-0.1, -0.05) is 23.7 Å². The third-order valence-electron chi connectivity index (χ3n) is 6.73. The number of benzene rings is 1. The molecule has 2 fully saturated rings. The van der Waals surface area contributed by atoms with Gasteiger partial charge in [-0.05, 0) is 42.4 Å². The lowest BCUT2D eigenvalue weighted by atomic mass is 10.0. The van der Waals surface area contributed by atoms with Gasteiger partial charge in [-0.25, -0.2) is 4.79 Å². The Balaban J connectivity index is 1.38. The molecule has 2 aliphatic rings. The van der Waals surface area contributed by atoms with Crippen molar-refractivity contribution in [2.75, 3.05) is 25.0 Å². The summed E-state index contributed by atoms with van der Waals surface area (Å²) in [5.74, 6) is 0.681. The van der Waals surface area contributed by atoms with Crippen molar-refractivity contribution in [2.45, 2.75) is 39.3 Å². The first-order valence-electron chi connectivity index (χ1n) is 10.8. The molecule has 1 saturated heterocycles. The highest BCUT2D eigenvalue weighted by Gasteiger charge is 2.45. The van der Waals surface area contributed by atoms with Gasteiger partial charge in [0.15, 0.2) is 0 Å². The van der Waals surface area contributed by atoms with Crippen molar-refractivity contribution in [3.05, 3.63) is 47.2 Å². The van der Waals surface area contributed by atoms with Gasteiger partial charge in [0.2, 0.25) is 11.8 Å². The van der Waals surface area contributed by atoms with Crippen LogP contribution in [-0.2, 0) is 16.1 Å². The summed E-state index contributed by atoms with van der Waals surface area (Å²) >= 11 is 5.98. The van der Waals surface area contributed by atoms with E-state index >= 15 is 0 Å². The van der Waals surface area contributed by atoms with Crippen molar-refractivity contribution >= 4 is 35.1 Å². The lowest BCUT2D eigenvalue weighted by molar-refractivity contribution is -0.131. The first kappa shape index (κ1) is 22.3. The summed E-state index contributed by atoms with van der Waals surface area (Å²) in [6.07, 6.45) is 4.88. The van der Waals surface area contributed by atoms with Crippen LogP contribution in [0.15, 0.2) is 36.7 Å². The Kier molecular flexibility index (Phi) is 6.24. The zero-order chi connectivity index (χ0) is 23.0. The van der Waals surface area contributed by atoms with Crippen molar-refractivity contribution in [2.24, 2.45) is 11.8 Å². The van der Waals surface area contributed by atoms with Crippen molar-refractivity contribution < 1.29 is 14.4 Å². The van der Waals surface area contributed by atoms with Gasteiger partial charge >= 0.3 is 6.03 Å². The molecule has 170 valence electrons. The Hall–Kier alpha value is -2.87. The molecule has 32 heavy (non-hydrogen) atoms. The van der Waals surface area contributed by atoms with E-state index in [1.165, 1.54) is 22.7 Å². The molecule has 0 radical (unpaired) electrons.